The number of hydrogen-bond donors (Lipinski definition) is 1. The molecule has 0 saturated heterocycles. The minimum absolute atomic E-state index is 0.582. The van der Waals surface area contributed by atoms with Crippen molar-refractivity contribution in [1.29, 1.82) is 0 Å². The number of oxime groups is 1. The van der Waals surface area contributed by atoms with Gasteiger partial charge in [-0.05, 0) is 19.1 Å². The highest BCUT2D eigenvalue weighted by Gasteiger charge is 2.01. The third kappa shape index (κ3) is 1.28. The van der Waals surface area contributed by atoms with E-state index in [0.29, 0.717) is 5.71 Å². The highest BCUT2D eigenvalue weighted by Crippen LogP contribution is 2.17. The van der Waals surface area contributed by atoms with Gasteiger partial charge in [-0.3, -0.25) is 0 Å². The molecule has 2 aromatic rings. The van der Waals surface area contributed by atoms with E-state index >= 15 is 0 Å². The van der Waals surface area contributed by atoms with E-state index < -0.39 is 0 Å². The Morgan fingerprint density at radius 1 is 1.38 bits per heavy atom. The van der Waals surface area contributed by atoms with Crippen LogP contribution in [0.5, 0.6) is 0 Å². The lowest BCUT2D eigenvalue weighted by molar-refractivity contribution is 0.319. The van der Waals surface area contributed by atoms with Crippen molar-refractivity contribution in [2.24, 2.45) is 5.16 Å². The maximum Gasteiger partial charge on any atom is 0.134 e. The number of hydrogen-bond acceptors (Lipinski definition) is 3. The number of rotatable bonds is 1. The minimum Gasteiger partial charge on any atom is -0.464 e. The summed E-state index contributed by atoms with van der Waals surface area (Å²) in [6.07, 6.45) is 1.64. The van der Waals surface area contributed by atoms with E-state index in [9.17, 15) is 0 Å². The van der Waals surface area contributed by atoms with Crippen LogP contribution < -0.4 is 0 Å². The smallest absolute Gasteiger partial charge is 0.134 e. The van der Waals surface area contributed by atoms with E-state index in [1.807, 2.05) is 24.3 Å². The van der Waals surface area contributed by atoms with Gasteiger partial charge in [-0.25, -0.2) is 0 Å². The van der Waals surface area contributed by atoms with E-state index in [2.05, 4.69) is 5.16 Å². The summed E-state index contributed by atoms with van der Waals surface area (Å²) in [5, 5.41) is 12.7. The second-order valence-corrected chi connectivity index (χ2v) is 2.86. The van der Waals surface area contributed by atoms with Crippen LogP contribution in [0.15, 0.2) is 40.1 Å². The van der Waals surface area contributed by atoms with E-state index in [4.69, 9.17) is 9.62 Å². The van der Waals surface area contributed by atoms with Gasteiger partial charge in [-0.2, -0.15) is 0 Å². The molecule has 2 rings (SSSR count). The predicted octanol–water partition coefficient (Wildman–Crippen LogP) is 2.63. The van der Waals surface area contributed by atoms with Gasteiger partial charge in [0.05, 0.1) is 12.0 Å². The Morgan fingerprint density at radius 3 is 3.00 bits per heavy atom. The third-order valence-corrected chi connectivity index (χ3v) is 2.02. The molecule has 13 heavy (non-hydrogen) atoms. The van der Waals surface area contributed by atoms with E-state index in [1.54, 1.807) is 13.2 Å². The van der Waals surface area contributed by atoms with Gasteiger partial charge in [0.15, 0.2) is 0 Å². The maximum absolute atomic E-state index is 8.57. The van der Waals surface area contributed by atoms with Crippen molar-refractivity contribution in [2.75, 3.05) is 0 Å². The van der Waals surface area contributed by atoms with Crippen molar-refractivity contribution in [3.63, 3.8) is 0 Å². The summed E-state index contributed by atoms with van der Waals surface area (Å²) in [6.45, 7) is 1.74. The molecule has 0 aliphatic heterocycles. The van der Waals surface area contributed by atoms with Crippen LogP contribution >= 0.6 is 0 Å². The molecule has 1 aromatic heterocycles. The number of benzene rings is 1. The van der Waals surface area contributed by atoms with E-state index in [1.165, 1.54) is 0 Å². The second-order valence-electron chi connectivity index (χ2n) is 2.86. The van der Waals surface area contributed by atoms with Gasteiger partial charge in [-0.1, -0.05) is 17.3 Å². The predicted molar refractivity (Wildman–Crippen MR) is 50.2 cm³/mol. The molecule has 66 valence electrons. The molecule has 0 unspecified atom stereocenters. The Balaban J connectivity index is 2.60. The molecular weight excluding hydrogens is 166 g/mol. The van der Waals surface area contributed by atoms with Gasteiger partial charge in [0.1, 0.15) is 5.58 Å². The van der Waals surface area contributed by atoms with Crippen LogP contribution in [0, 0.1) is 0 Å². The summed E-state index contributed by atoms with van der Waals surface area (Å²) in [5.41, 5.74) is 2.25. The highest BCUT2D eigenvalue weighted by molar-refractivity contribution is 6.00. The molecule has 3 nitrogen and oxygen atoms in total. The van der Waals surface area contributed by atoms with Gasteiger partial charge in [0.2, 0.25) is 0 Å². The number of fused-ring (bicyclic) bond motifs is 1. The van der Waals surface area contributed by atoms with Crippen molar-refractivity contribution in [2.45, 2.75) is 6.92 Å². The Hall–Kier alpha value is -1.77. The Bertz CT molecular complexity index is 457. The van der Waals surface area contributed by atoms with Gasteiger partial charge >= 0.3 is 0 Å². The fraction of sp³-hybridized carbons (Fsp3) is 0.100. The van der Waals surface area contributed by atoms with Gasteiger partial charge < -0.3 is 9.62 Å². The normalized spacial score (nSPS) is 12.2. The van der Waals surface area contributed by atoms with Crippen molar-refractivity contribution in [1.82, 2.24) is 0 Å². The topological polar surface area (TPSA) is 45.7 Å². The van der Waals surface area contributed by atoms with Crippen molar-refractivity contribution < 1.29 is 9.62 Å². The largest absolute Gasteiger partial charge is 0.464 e. The average molecular weight is 175 g/mol. The molecule has 1 N–H and O–H groups in total. The molecule has 0 amide bonds. The van der Waals surface area contributed by atoms with Crippen LogP contribution in [-0.2, 0) is 0 Å². The molecule has 1 aromatic carbocycles. The van der Waals surface area contributed by atoms with E-state index in [-0.39, 0.29) is 0 Å². The molecule has 0 aliphatic carbocycles. The van der Waals surface area contributed by atoms with Crippen molar-refractivity contribution in [3.8, 4) is 0 Å². The van der Waals surface area contributed by atoms with Crippen LogP contribution in [0.2, 0.25) is 0 Å². The van der Waals surface area contributed by atoms with Crippen molar-refractivity contribution >= 4 is 16.7 Å². The Labute approximate surface area is 75.3 Å². The zero-order valence-corrected chi connectivity index (χ0v) is 7.19. The lowest BCUT2D eigenvalue weighted by Crippen LogP contribution is -1.92. The monoisotopic (exact) mass is 175 g/mol. The molecule has 0 bridgehead atoms. The molecule has 0 atom stereocenters. The summed E-state index contributed by atoms with van der Waals surface area (Å²) >= 11 is 0. The molecule has 0 saturated carbocycles. The number of nitrogens with zero attached hydrogens (tertiary/aromatic N) is 1. The number of furan rings is 1. The van der Waals surface area contributed by atoms with Gasteiger partial charge in [0.25, 0.3) is 0 Å². The standard InChI is InChI=1S/C10H9NO2/c1-7(11-12)9-3-2-8-4-5-13-10(8)6-9/h2-6,12H,1H3. The summed E-state index contributed by atoms with van der Waals surface area (Å²) < 4.78 is 5.22. The fourth-order valence-corrected chi connectivity index (χ4v) is 1.24. The summed E-state index contributed by atoms with van der Waals surface area (Å²) in [6, 6.07) is 7.57. The van der Waals surface area contributed by atoms with Crippen LogP contribution in [-0.4, -0.2) is 10.9 Å². The molecular formula is C10H9NO2. The first-order valence-electron chi connectivity index (χ1n) is 3.97. The highest BCUT2D eigenvalue weighted by atomic mass is 16.4. The first kappa shape index (κ1) is 7.86. The first-order valence-corrected chi connectivity index (χ1v) is 3.97. The minimum atomic E-state index is 0.582. The Morgan fingerprint density at radius 2 is 2.23 bits per heavy atom. The van der Waals surface area contributed by atoms with Crippen LogP contribution in [0.1, 0.15) is 12.5 Å². The lowest BCUT2D eigenvalue weighted by Gasteiger charge is -1.96. The van der Waals surface area contributed by atoms with Crippen LogP contribution in [0.4, 0.5) is 0 Å². The summed E-state index contributed by atoms with van der Waals surface area (Å²) in [5.74, 6) is 0. The molecule has 3 heteroatoms. The third-order valence-electron chi connectivity index (χ3n) is 2.02. The van der Waals surface area contributed by atoms with E-state index in [0.717, 1.165) is 16.5 Å². The summed E-state index contributed by atoms with van der Waals surface area (Å²) in [4.78, 5) is 0. The summed E-state index contributed by atoms with van der Waals surface area (Å²) in [7, 11) is 0. The zero-order valence-electron chi connectivity index (χ0n) is 7.19. The molecule has 0 radical (unpaired) electrons. The lowest BCUT2D eigenvalue weighted by atomic mass is 10.1. The quantitative estimate of drug-likeness (QED) is 0.411. The Kier molecular flexibility index (Phi) is 1.77. The van der Waals surface area contributed by atoms with Crippen LogP contribution in [0.3, 0.4) is 0 Å². The van der Waals surface area contributed by atoms with Gasteiger partial charge in [-0.15, -0.1) is 0 Å². The second kappa shape index (κ2) is 2.94. The van der Waals surface area contributed by atoms with Crippen LogP contribution in [0.25, 0.3) is 11.0 Å². The zero-order chi connectivity index (χ0) is 9.26. The fourth-order valence-electron chi connectivity index (χ4n) is 1.24. The molecule has 0 spiro atoms. The molecule has 0 fully saturated rings. The van der Waals surface area contributed by atoms with Gasteiger partial charge in [0, 0.05) is 10.9 Å². The first-order chi connectivity index (χ1) is 6.31. The van der Waals surface area contributed by atoms with Crippen molar-refractivity contribution in [3.05, 3.63) is 36.1 Å². The molecule has 0 aliphatic rings. The SMILES string of the molecule is CC(=NO)c1ccc2ccoc2c1. The maximum atomic E-state index is 8.57. The average Bonchev–Trinajstić information content (AvgIpc) is 2.63. The molecule has 1 heterocycles.